The second-order valence-corrected chi connectivity index (χ2v) is 5.34. The zero-order valence-corrected chi connectivity index (χ0v) is 14.5. The van der Waals surface area contributed by atoms with Gasteiger partial charge in [-0.2, -0.15) is 0 Å². The highest BCUT2D eigenvalue weighted by molar-refractivity contribution is 5.88. The van der Waals surface area contributed by atoms with Gasteiger partial charge >= 0.3 is 5.97 Å². The van der Waals surface area contributed by atoms with E-state index in [1.165, 1.54) is 31.4 Å². The van der Waals surface area contributed by atoms with Crippen LogP contribution in [0.4, 0.5) is 5.69 Å². The Morgan fingerprint density at radius 3 is 2.35 bits per heavy atom. The lowest BCUT2D eigenvalue weighted by Gasteiger charge is -2.25. The predicted octanol–water partition coefficient (Wildman–Crippen LogP) is 0.248. The Bertz CT molecular complexity index is 660. The van der Waals surface area contributed by atoms with Gasteiger partial charge in [-0.05, 0) is 12.5 Å². The van der Waals surface area contributed by atoms with Crippen LogP contribution in [0.5, 0.6) is 0 Å². The van der Waals surface area contributed by atoms with E-state index in [1.807, 2.05) is 0 Å². The summed E-state index contributed by atoms with van der Waals surface area (Å²) in [5.74, 6) is -2.90. The highest BCUT2D eigenvalue weighted by Crippen LogP contribution is 2.26. The Morgan fingerprint density at radius 2 is 1.88 bits per heavy atom. The van der Waals surface area contributed by atoms with Crippen molar-refractivity contribution in [3.8, 4) is 0 Å². The van der Waals surface area contributed by atoms with E-state index >= 15 is 0 Å². The normalized spacial score (nSPS) is 12.7. The molecule has 0 spiro atoms. The molecule has 0 aliphatic carbocycles. The summed E-state index contributed by atoms with van der Waals surface area (Å²) in [6.07, 6.45) is -0.244. The van der Waals surface area contributed by atoms with Gasteiger partial charge in [-0.15, -0.1) is 0 Å². The number of nitrogens with zero attached hydrogens (tertiary/aromatic N) is 1. The standard InChI is InChI=1S/C16H21N3O7/c1-3-26-14(21)8-12(10-4-6-11(7-5-10)19(23)24)15(16(17)22)18-13(20)9-25-2/h4-7,12,15H,3,8-9H2,1-2H3,(H2,17,22)(H,18,20)/t12-,15+/m1/s1. The minimum Gasteiger partial charge on any atom is -0.466 e. The third kappa shape index (κ3) is 6.13. The van der Waals surface area contributed by atoms with Crippen LogP contribution in [0.1, 0.15) is 24.8 Å². The number of hydrogen-bond donors (Lipinski definition) is 2. The molecule has 10 nitrogen and oxygen atoms in total. The Balaban J connectivity index is 3.18. The lowest BCUT2D eigenvalue weighted by atomic mass is 9.87. The van der Waals surface area contributed by atoms with Crippen molar-refractivity contribution in [2.75, 3.05) is 20.3 Å². The molecule has 1 aromatic carbocycles. The lowest BCUT2D eigenvalue weighted by Crippen LogP contribution is -2.49. The molecule has 2 atom stereocenters. The highest BCUT2D eigenvalue weighted by atomic mass is 16.6. The average molecular weight is 367 g/mol. The molecule has 0 unspecified atom stereocenters. The van der Waals surface area contributed by atoms with Crippen molar-refractivity contribution in [1.82, 2.24) is 5.32 Å². The van der Waals surface area contributed by atoms with Gasteiger partial charge < -0.3 is 20.5 Å². The first kappa shape index (κ1) is 21.0. The molecule has 0 saturated heterocycles. The van der Waals surface area contributed by atoms with Crippen molar-refractivity contribution >= 4 is 23.5 Å². The largest absolute Gasteiger partial charge is 0.466 e. The monoisotopic (exact) mass is 367 g/mol. The Hall–Kier alpha value is -3.01. The fourth-order valence-electron chi connectivity index (χ4n) is 2.39. The molecule has 2 amide bonds. The van der Waals surface area contributed by atoms with Crippen LogP contribution in [0, 0.1) is 10.1 Å². The van der Waals surface area contributed by atoms with Gasteiger partial charge in [0.05, 0.1) is 18.0 Å². The number of amides is 2. The second-order valence-electron chi connectivity index (χ2n) is 5.34. The molecule has 0 aromatic heterocycles. The van der Waals surface area contributed by atoms with Gasteiger partial charge in [-0.25, -0.2) is 0 Å². The predicted molar refractivity (Wildman–Crippen MR) is 90.1 cm³/mol. The fourth-order valence-corrected chi connectivity index (χ4v) is 2.39. The van der Waals surface area contributed by atoms with Gasteiger partial charge in [0.2, 0.25) is 11.8 Å². The molecule has 1 aromatic rings. The molecular weight excluding hydrogens is 346 g/mol. The third-order valence-corrected chi connectivity index (χ3v) is 3.52. The molecule has 142 valence electrons. The molecule has 0 fully saturated rings. The summed E-state index contributed by atoms with van der Waals surface area (Å²) in [5.41, 5.74) is 5.66. The van der Waals surface area contributed by atoms with Crippen LogP contribution in [-0.2, 0) is 23.9 Å². The first-order chi connectivity index (χ1) is 12.3. The average Bonchev–Trinajstić information content (AvgIpc) is 2.58. The van der Waals surface area contributed by atoms with E-state index in [0.717, 1.165) is 0 Å². The number of hydrogen-bond acceptors (Lipinski definition) is 7. The maximum absolute atomic E-state index is 11.9. The zero-order valence-electron chi connectivity index (χ0n) is 14.5. The maximum atomic E-state index is 11.9. The number of nitro benzene ring substituents is 1. The lowest BCUT2D eigenvalue weighted by molar-refractivity contribution is -0.384. The van der Waals surface area contributed by atoms with Crippen LogP contribution in [0.3, 0.4) is 0 Å². The number of nitrogens with two attached hydrogens (primary N) is 1. The number of esters is 1. The van der Waals surface area contributed by atoms with Gasteiger partial charge in [-0.3, -0.25) is 24.5 Å². The molecule has 1 rings (SSSR count). The summed E-state index contributed by atoms with van der Waals surface area (Å²) in [6, 6.07) is 4.06. The maximum Gasteiger partial charge on any atom is 0.306 e. The molecule has 0 bridgehead atoms. The van der Waals surface area contributed by atoms with Gasteiger partial charge in [0.1, 0.15) is 12.6 Å². The molecule has 0 aliphatic rings. The van der Waals surface area contributed by atoms with Crippen LogP contribution in [-0.4, -0.2) is 49.1 Å². The fraction of sp³-hybridized carbons (Fsp3) is 0.438. The Kier molecular flexibility index (Phi) is 8.16. The number of rotatable bonds is 10. The summed E-state index contributed by atoms with van der Waals surface area (Å²) in [6.45, 7) is 1.48. The van der Waals surface area contributed by atoms with E-state index in [1.54, 1.807) is 6.92 Å². The molecule has 0 aliphatic heterocycles. The summed E-state index contributed by atoms with van der Waals surface area (Å²) in [4.78, 5) is 45.8. The first-order valence-electron chi connectivity index (χ1n) is 7.77. The van der Waals surface area contributed by atoms with Crippen LogP contribution >= 0.6 is 0 Å². The number of carbonyl (C=O) groups excluding carboxylic acids is 3. The van der Waals surface area contributed by atoms with Gasteiger partial charge in [-0.1, -0.05) is 12.1 Å². The molecule has 3 N–H and O–H groups in total. The molecule has 26 heavy (non-hydrogen) atoms. The van der Waals surface area contributed by atoms with Crippen LogP contribution in [0.25, 0.3) is 0 Å². The number of non-ortho nitro benzene ring substituents is 1. The van der Waals surface area contributed by atoms with Crippen molar-refractivity contribution in [2.45, 2.75) is 25.3 Å². The minimum absolute atomic E-state index is 0.142. The smallest absolute Gasteiger partial charge is 0.306 e. The molecular formula is C16H21N3O7. The minimum atomic E-state index is -1.22. The Morgan fingerprint density at radius 1 is 1.27 bits per heavy atom. The van der Waals surface area contributed by atoms with Crippen molar-refractivity contribution in [3.63, 3.8) is 0 Å². The number of carbonyl (C=O) groups is 3. The zero-order chi connectivity index (χ0) is 19.7. The number of primary amides is 1. The van der Waals surface area contributed by atoms with Crippen molar-refractivity contribution in [3.05, 3.63) is 39.9 Å². The van der Waals surface area contributed by atoms with E-state index < -0.39 is 34.7 Å². The van der Waals surface area contributed by atoms with Crippen molar-refractivity contribution in [1.29, 1.82) is 0 Å². The second kappa shape index (κ2) is 10.1. The number of methoxy groups -OCH3 is 1. The van der Waals surface area contributed by atoms with E-state index in [0.29, 0.717) is 5.56 Å². The molecule has 10 heteroatoms. The summed E-state index contributed by atoms with van der Waals surface area (Å²) in [7, 11) is 1.31. The molecule has 0 saturated carbocycles. The third-order valence-electron chi connectivity index (χ3n) is 3.52. The number of ether oxygens (including phenoxy) is 2. The summed E-state index contributed by atoms with van der Waals surface area (Å²) in [5, 5.41) is 13.2. The summed E-state index contributed by atoms with van der Waals surface area (Å²) < 4.78 is 9.60. The Labute approximate surface area is 149 Å². The highest BCUT2D eigenvalue weighted by Gasteiger charge is 2.32. The quantitative estimate of drug-likeness (QED) is 0.341. The SMILES string of the molecule is CCOC(=O)C[C@H](c1ccc([N+](=O)[O-])cc1)[C@H](NC(=O)COC)C(N)=O. The topological polar surface area (TPSA) is 151 Å². The van der Waals surface area contributed by atoms with E-state index in [4.69, 9.17) is 15.2 Å². The van der Waals surface area contributed by atoms with Gasteiger partial charge in [0, 0.05) is 25.2 Å². The van der Waals surface area contributed by atoms with Crippen LogP contribution in [0.2, 0.25) is 0 Å². The van der Waals surface area contributed by atoms with Gasteiger partial charge in [0.15, 0.2) is 0 Å². The summed E-state index contributed by atoms with van der Waals surface area (Å²) >= 11 is 0. The number of nitro groups is 1. The van der Waals surface area contributed by atoms with Gasteiger partial charge in [0.25, 0.3) is 5.69 Å². The van der Waals surface area contributed by atoms with Crippen molar-refractivity contribution in [2.24, 2.45) is 5.73 Å². The number of nitrogens with one attached hydrogen (secondary N) is 1. The van der Waals surface area contributed by atoms with E-state index in [9.17, 15) is 24.5 Å². The van der Waals surface area contributed by atoms with E-state index in [-0.39, 0.29) is 25.3 Å². The molecule has 0 heterocycles. The van der Waals surface area contributed by atoms with E-state index in [2.05, 4.69) is 5.32 Å². The van der Waals surface area contributed by atoms with Crippen LogP contribution < -0.4 is 11.1 Å². The van der Waals surface area contributed by atoms with Crippen molar-refractivity contribution < 1.29 is 28.8 Å². The van der Waals surface area contributed by atoms with Crippen LogP contribution in [0.15, 0.2) is 24.3 Å². The number of benzene rings is 1. The first-order valence-corrected chi connectivity index (χ1v) is 7.77. The molecule has 0 radical (unpaired) electrons.